The van der Waals surface area contributed by atoms with Crippen LogP contribution in [0.3, 0.4) is 0 Å². The van der Waals surface area contributed by atoms with Crippen molar-refractivity contribution in [2.45, 2.75) is 50.4 Å². The van der Waals surface area contributed by atoms with Gasteiger partial charge >= 0.3 is 0 Å². The summed E-state index contributed by atoms with van der Waals surface area (Å²) >= 11 is 0. The molecule has 1 fully saturated rings. The maximum absolute atomic E-state index is 12.6. The number of piperidine rings is 1. The molecule has 0 saturated carbocycles. The van der Waals surface area contributed by atoms with E-state index in [9.17, 15) is 13.2 Å². The highest BCUT2D eigenvalue weighted by atomic mass is 32.2. The lowest BCUT2D eigenvalue weighted by molar-refractivity contribution is -0.134. The van der Waals surface area contributed by atoms with E-state index >= 15 is 0 Å². The fourth-order valence-electron chi connectivity index (χ4n) is 3.25. The molecule has 0 aromatic carbocycles. The summed E-state index contributed by atoms with van der Waals surface area (Å²) in [6, 6.07) is 5.25. The molecule has 0 N–H and O–H groups in total. The molecular formula is C15H20N4O3S. The van der Waals surface area contributed by atoms with Gasteiger partial charge in [0.1, 0.15) is 5.75 Å². The molecule has 1 amide bonds. The van der Waals surface area contributed by atoms with Gasteiger partial charge < -0.3 is 4.90 Å². The van der Waals surface area contributed by atoms with Crippen molar-refractivity contribution in [1.29, 1.82) is 0 Å². The van der Waals surface area contributed by atoms with Gasteiger partial charge in [-0.15, -0.1) is 10.2 Å². The van der Waals surface area contributed by atoms with Crippen LogP contribution in [-0.4, -0.2) is 51.7 Å². The van der Waals surface area contributed by atoms with Crippen LogP contribution in [0.4, 0.5) is 0 Å². The van der Waals surface area contributed by atoms with Gasteiger partial charge in [0.2, 0.25) is 15.7 Å². The lowest BCUT2D eigenvalue weighted by atomic mass is 9.98. The highest BCUT2D eigenvalue weighted by Crippen LogP contribution is 2.23. The Kier molecular flexibility index (Phi) is 4.09. The molecule has 2 atom stereocenters. The molecule has 124 valence electrons. The van der Waals surface area contributed by atoms with Gasteiger partial charge in [0, 0.05) is 18.3 Å². The smallest absolute Gasteiger partial charge is 0.254 e. The zero-order chi connectivity index (χ0) is 16.6. The topological polar surface area (TPSA) is 84.6 Å². The van der Waals surface area contributed by atoms with Gasteiger partial charge in [-0.25, -0.2) is 8.42 Å². The first-order chi connectivity index (χ1) is 10.9. The number of hydrogen-bond donors (Lipinski definition) is 0. The average Bonchev–Trinajstić information content (AvgIpc) is 2.91. The quantitative estimate of drug-likeness (QED) is 0.843. The molecule has 3 rings (SSSR count). The van der Waals surface area contributed by atoms with Crippen molar-refractivity contribution in [3.05, 3.63) is 24.4 Å². The first-order valence-electron chi connectivity index (χ1n) is 7.74. The second-order valence-electron chi connectivity index (χ2n) is 6.10. The minimum absolute atomic E-state index is 0.0663. The Hall–Kier alpha value is -1.96. The third-order valence-electron chi connectivity index (χ3n) is 4.36. The van der Waals surface area contributed by atoms with Crippen LogP contribution in [0.25, 0.3) is 5.65 Å². The van der Waals surface area contributed by atoms with E-state index in [1.165, 1.54) is 4.40 Å². The molecule has 2 aromatic heterocycles. The number of likely N-dealkylation sites (tertiary alicyclic amines) is 1. The Bertz CT molecular complexity index is 820. The number of carbonyl (C=O) groups is 1. The number of aromatic nitrogens is 3. The monoisotopic (exact) mass is 336 g/mol. The van der Waals surface area contributed by atoms with Crippen molar-refractivity contribution in [1.82, 2.24) is 19.5 Å². The van der Waals surface area contributed by atoms with Crippen LogP contribution in [0, 0.1) is 0 Å². The van der Waals surface area contributed by atoms with Gasteiger partial charge in [0.25, 0.3) is 5.16 Å². The van der Waals surface area contributed by atoms with Gasteiger partial charge in [-0.3, -0.25) is 9.20 Å². The predicted octanol–water partition coefficient (Wildman–Crippen LogP) is 1.29. The number of sulfone groups is 1. The molecule has 0 unspecified atom stereocenters. The number of nitrogens with zero attached hydrogens (tertiary/aromatic N) is 4. The van der Waals surface area contributed by atoms with E-state index in [2.05, 4.69) is 10.2 Å². The van der Waals surface area contributed by atoms with Crippen molar-refractivity contribution in [2.75, 3.05) is 5.75 Å². The third kappa shape index (κ3) is 2.95. The molecule has 23 heavy (non-hydrogen) atoms. The van der Waals surface area contributed by atoms with E-state index in [1.54, 1.807) is 29.3 Å². The van der Waals surface area contributed by atoms with Gasteiger partial charge in [-0.2, -0.15) is 0 Å². The Morgan fingerprint density at radius 2 is 1.91 bits per heavy atom. The van der Waals surface area contributed by atoms with E-state index in [4.69, 9.17) is 0 Å². The largest absolute Gasteiger partial charge is 0.336 e. The van der Waals surface area contributed by atoms with Crippen LogP contribution >= 0.6 is 0 Å². The summed E-state index contributed by atoms with van der Waals surface area (Å²) in [5, 5.41) is 7.42. The van der Waals surface area contributed by atoms with Gasteiger partial charge in [-0.05, 0) is 45.2 Å². The summed E-state index contributed by atoms with van der Waals surface area (Å²) in [6.45, 7) is 3.93. The number of rotatable bonds is 3. The fraction of sp³-hybridized carbons (Fsp3) is 0.533. The Morgan fingerprint density at radius 3 is 2.61 bits per heavy atom. The zero-order valence-electron chi connectivity index (χ0n) is 13.2. The highest BCUT2D eigenvalue weighted by Gasteiger charge is 2.33. The second-order valence-corrected chi connectivity index (χ2v) is 7.98. The van der Waals surface area contributed by atoms with Gasteiger partial charge in [-0.1, -0.05) is 6.07 Å². The molecule has 0 radical (unpaired) electrons. The lowest BCUT2D eigenvalue weighted by Gasteiger charge is -2.39. The lowest BCUT2D eigenvalue weighted by Crippen LogP contribution is -2.49. The standard InChI is InChI=1S/C15H20N4O3S/c1-11-6-5-7-12(2)19(11)14(20)10-23(21,22)15-17-16-13-8-3-4-9-18(13)15/h3-4,8-9,11-12H,5-7,10H2,1-2H3/t11-,12-/m1/s1. The average molecular weight is 336 g/mol. The summed E-state index contributed by atoms with van der Waals surface area (Å²) in [7, 11) is -3.84. The SMILES string of the molecule is C[C@@H]1CCC[C@@H](C)N1C(=O)CS(=O)(=O)c1nnc2ccccn12. The molecule has 0 spiro atoms. The fourth-order valence-corrected chi connectivity index (χ4v) is 4.47. The van der Waals surface area contributed by atoms with Crippen molar-refractivity contribution in [2.24, 2.45) is 0 Å². The number of carbonyl (C=O) groups excluding carboxylic acids is 1. The van der Waals surface area contributed by atoms with Crippen molar-refractivity contribution in [3.8, 4) is 0 Å². The molecule has 3 heterocycles. The van der Waals surface area contributed by atoms with E-state index < -0.39 is 15.6 Å². The molecule has 1 saturated heterocycles. The molecule has 2 aromatic rings. The third-order valence-corrected chi connectivity index (χ3v) is 5.82. The highest BCUT2D eigenvalue weighted by molar-refractivity contribution is 7.91. The molecule has 0 aliphatic carbocycles. The van der Waals surface area contributed by atoms with Crippen molar-refractivity contribution in [3.63, 3.8) is 0 Å². The van der Waals surface area contributed by atoms with Crippen molar-refractivity contribution >= 4 is 21.4 Å². The number of hydrogen-bond acceptors (Lipinski definition) is 5. The molecule has 1 aliphatic heterocycles. The second kappa shape index (κ2) is 5.92. The molecule has 7 nitrogen and oxygen atoms in total. The number of fused-ring (bicyclic) bond motifs is 1. The Morgan fingerprint density at radius 1 is 1.22 bits per heavy atom. The predicted molar refractivity (Wildman–Crippen MR) is 84.7 cm³/mol. The Balaban J connectivity index is 1.87. The van der Waals surface area contributed by atoms with Crippen LogP contribution in [0.1, 0.15) is 33.1 Å². The van der Waals surface area contributed by atoms with E-state index in [-0.39, 0.29) is 23.1 Å². The summed E-state index contributed by atoms with van der Waals surface area (Å²) in [6.07, 6.45) is 4.46. The van der Waals surface area contributed by atoms with Crippen LogP contribution in [0.5, 0.6) is 0 Å². The van der Waals surface area contributed by atoms with Crippen LogP contribution < -0.4 is 0 Å². The molecule has 1 aliphatic rings. The van der Waals surface area contributed by atoms with Crippen molar-refractivity contribution < 1.29 is 13.2 Å². The van der Waals surface area contributed by atoms with E-state index in [0.717, 1.165) is 19.3 Å². The summed E-state index contributed by atoms with van der Waals surface area (Å²) in [5.41, 5.74) is 0.443. The molecule has 0 bridgehead atoms. The normalized spacial score (nSPS) is 22.4. The van der Waals surface area contributed by atoms with E-state index in [1.807, 2.05) is 13.8 Å². The summed E-state index contributed by atoms with van der Waals surface area (Å²) in [5.74, 6) is -0.936. The Labute approximate surface area is 135 Å². The first kappa shape index (κ1) is 15.9. The maximum Gasteiger partial charge on any atom is 0.254 e. The van der Waals surface area contributed by atoms with Crippen LogP contribution in [0.15, 0.2) is 29.6 Å². The van der Waals surface area contributed by atoms with Gasteiger partial charge in [0.05, 0.1) is 0 Å². The number of pyridine rings is 1. The maximum atomic E-state index is 12.6. The minimum atomic E-state index is -3.84. The van der Waals surface area contributed by atoms with Gasteiger partial charge in [0.15, 0.2) is 5.65 Å². The zero-order valence-corrected chi connectivity index (χ0v) is 14.0. The minimum Gasteiger partial charge on any atom is -0.336 e. The van der Waals surface area contributed by atoms with Crippen LogP contribution in [-0.2, 0) is 14.6 Å². The van der Waals surface area contributed by atoms with E-state index in [0.29, 0.717) is 5.65 Å². The molecular weight excluding hydrogens is 316 g/mol. The number of amides is 1. The molecule has 8 heteroatoms. The summed E-state index contributed by atoms with van der Waals surface area (Å²) in [4.78, 5) is 14.3. The van der Waals surface area contributed by atoms with Crippen LogP contribution in [0.2, 0.25) is 0 Å². The first-order valence-corrected chi connectivity index (χ1v) is 9.39. The summed E-state index contributed by atoms with van der Waals surface area (Å²) < 4.78 is 26.6.